The van der Waals surface area contributed by atoms with Crippen LogP contribution >= 0.6 is 11.6 Å². The van der Waals surface area contributed by atoms with Crippen LogP contribution in [-0.4, -0.2) is 24.5 Å². The lowest BCUT2D eigenvalue weighted by Crippen LogP contribution is -2.15. The van der Waals surface area contributed by atoms with Crippen molar-refractivity contribution in [1.82, 2.24) is 4.98 Å². The maximum absolute atomic E-state index is 11.7. The summed E-state index contributed by atoms with van der Waals surface area (Å²) in [6.07, 6.45) is 3.83. The van der Waals surface area contributed by atoms with Crippen molar-refractivity contribution in [1.29, 1.82) is 5.26 Å². The van der Waals surface area contributed by atoms with E-state index in [0.29, 0.717) is 52.2 Å². The van der Waals surface area contributed by atoms with E-state index in [1.54, 1.807) is 24.4 Å². The highest BCUT2D eigenvalue weighted by atomic mass is 35.5. The molecule has 0 bridgehead atoms. The Morgan fingerprint density at radius 2 is 1.82 bits per heavy atom. The minimum absolute atomic E-state index is 0.148. The molecule has 3 aromatic carbocycles. The number of carbonyl (C=O) groups is 1. The number of fused-ring (bicyclic) bond motifs is 1. The van der Waals surface area contributed by atoms with Crippen molar-refractivity contribution in [2.24, 2.45) is 0 Å². The fourth-order valence-electron chi connectivity index (χ4n) is 4.13. The van der Waals surface area contributed by atoms with Gasteiger partial charge >= 0.3 is 0 Å². The summed E-state index contributed by atoms with van der Waals surface area (Å²) < 4.78 is 23.4. The van der Waals surface area contributed by atoms with Crippen LogP contribution in [0.3, 0.4) is 0 Å². The standard InChI is InChI=1S/C30H23ClN2O5/c1-19-9-24(16-34)28(37-17-21-10-20(13-32)14-33-15-21)12-27(19)38-18-23-3-2-4-25(30(23)31)22-5-6-26-29(11-22)36-8-7-35-26/h2-6,9-12,14-16H,7-8,17-18H2,1H3. The second-order valence-electron chi connectivity index (χ2n) is 8.68. The van der Waals surface area contributed by atoms with Gasteiger partial charge in [-0.05, 0) is 42.3 Å². The maximum Gasteiger partial charge on any atom is 0.161 e. The normalized spacial score (nSPS) is 11.9. The molecule has 0 saturated heterocycles. The molecule has 4 aromatic rings. The van der Waals surface area contributed by atoms with Crippen LogP contribution in [0.5, 0.6) is 23.0 Å². The smallest absolute Gasteiger partial charge is 0.161 e. The highest BCUT2D eigenvalue weighted by Crippen LogP contribution is 2.38. The number of aromatic nitrogens is 1. The topological polar surface area (TPSA) is 90.7 Å². The molecule has 0 unspecified atom stereocenters. The number of nitriles is 1. The number of nitrogens with zero attached hydrogens (tertiary/aromatic N) is 2. The van der Waals surface area contributed by atoms with Gasteiger partial charge in [0.15, 0.2) is 17.8 Å². The molecule has 0 aliphatic carbocycles. The highest BCUT2D eigenvalue weighted by molar-refractivity contribution is 6.34. The molecule has 1 aliphatic rings. The zero-order valence-electron chi connectivity index (χ0n) is 20.6. The first kappa shape index (κ1) is 25.1. The zero-order valence-corrected chi connectivity index (χ0v) is 21.3. The third-order valence-corrected chi connectivity index (χ3v) is 6.51. The molecule has 7 nitrogen and oxygen atoms in total. The van der Waals surface area contributed by atoms with E-state index in [0.717, 1.165) is 34.3 Å². The Balaban J connectivity index is 1.35. The van der Waals surface area contributed by atoms with Gasteiger partial charge in [-0.1, -0.05) is 35.9 Å². The second kappa shape index (κ2) is 11.2. The molecule has 0 spiro atoms. The van der Waals surface area contributed by atoms with Crippen molar-refractivity contribution in [3.8, 4) is 40.2 Å². The SMILES string of the molecule is Cc1cc(C=O)c(OCc2cncc(C#N)c2)cc1OCc1cccc(-c2ccc3c(c2)OCCO3)c1Cl. The largest absolute Gasteiger partial charge is 0.488 e. The van der Waals surface area contributed by atoms with Gasteiger partial charge in [0.25, 0.3) is 0 Å². The van der Waals surface area contributed by atoms with Gasteiger partial charge < -0.3 is 18.9 Å². The Kier molecular flexibility index (Phi) is 7.43. The molecule has 0 amide bonds. The average molecular weight is 527 g/mol. The van der Waals surface area contributed by atoms with Crippen LogP contribution < -0.4 is 18.9 Å². The van der Waals surface area contributed by atoms with Crippen molar-refractivity contribution in [3.63, 3.8) is 0 Å². The molecule has 0 atom stereocenters. The van der Waals surface area contributed by atoms with Crippen LogP contribution in [0.4, 0.5) is 0 Å². The molecule has 190 valence electrons. The number of halogens is 1. The van der Waals surface area contributed by atoms with Gasteiger partial charge in [-0.25, -0.2) is 0 Å². The predicted molar refractivity (Wildman–Crippen MR) is 142 cm³/mol. The summed E-state index contributed by atoms with van der Waals surface area (Å²) in [5.41, 5.74) is 4.91. The van der Waals surface area contributed by atoms with Gasteiger partial charge in [0, 0.05) is 35.2 Å². The van der Waals surface area contributed by atoms with E-state index in [1.807, 2.05) is 43.3 Å². The summed E-state index contributed by atoms with van der Waals surface area (Å²) >= 11 is 6.80. The summed E-state index contributed by atoms with van der Waals surface area (Å²) in [7, 11) is 0. The monoisotopic (exact) mass is 526 g/mol. The van der Waals surface area contributed by atoms with E-state index < -0.39 is 0 Å². The second-order valence-corrected chi connectivity index (χ2v) is 9.06. The van der Waals surface area contributed by atoms with E-state index in [4.69, 9.17) is 35.8 Å². The van der Waals surface area contributed by atoms with Crippen LogP contribution in [0.15, 0.2) is 67.0 Å². The molecule has 0 N–H and O–H groups in total. The minimum atomic E-state index is 0.148. The first-order chi connectivity index (χ1) is 18.6. The van der Waals surface area contributed by atoms with E-state index in [9.17, 15) is 4.79 Å². The number of aldehydes is 1. The van der Waals surface area contributed by atoms with Gasteiger partial charge in [-0.15, -0.1) is 0 Å². The molecule has 0 saturated carbocycles. The van der Waals surface area contributed by atoms with Crippen molar-refractivity contribution in [2.45, 2.75) is 20.1 Å². The Hall–Kier alpha value is -4.54. The molecule has 1 aliphatic heterocycles. The van der Waals surface area contributed by atoms with Crippen LogP contribution in [0, 0.1) is 18.3 Å². The van der Waals surface area contributed by atoms with Gasteiger partial charge in [0.1, 0.15) is 44.0 Å². The third kappa shape index (κ3) is 5.41. The van der Waals surface area contributed by atoms with E-state index >= 15 is 0 Å². The molecular formula is C30H23ClN2O5. The van der Waals surface area contributed by atoms with Crippen LogP contribution in [0.25, 0.3) is 11.1 Å². The summed E-state index contributed by atoms with van der Waals surface area (Å²) in [6.45, 7) is 3.27. The van der Waals surface area contributed by atoms with Crippen molar-refractivity contribution < 1.29 is 23.7 Å². The Morgan fingerprint density at radius 3 is 2.63 bits per heavy atom. The molecule has 5 rings (SSSR count). The number of hydrogen-bond donors (Lipinski definition) is 0. The van der Waals surface area contributed by atoms with Crippen LogP contribution in [0.2, 0.25) is 5.02 Å². The lowest BCUT2D eigenvalue weighted by molar-refractivity contribution is 0.111. The van der Waals surface area contributed by atoms with E-state index in [-0.39, 0.29) is 13.2 Å². The van der Waals surface area contributed by atoms with Gasteiger partial charge in [-0.3, -0.25) is 9.78 Å². The van der Waals surface area contributed by atoms with Crippen LogP contribution in [-0.2, 0) is 13.2 Å². The number of ether oxygens (including phenoxy) is 4. The molecule has 8 heteroatoms. The molecular weight excluding hydrogens is 504 g/mol. The van der Waals surface area contributed by atoms with E-state index in [2.05, 4.69) is 11.1 Å². The number of rotatable bonds is 8. The van der Waals surface area contributed by atoms with Crippen LogP contribution in [0.1, 0.15) is 32.6 Å². The Labute approximate surface area is 225 Å². The summed E-state index contributed by atoms with van der Waals surface area (Å²) in [6, 6.07) is 18.7. The fraction of sp³-hybridized carbons (Fsp3) is 0.167. The molecule has 38 heavy (non-hydrogen) atoms. The molecule has 1 aromatic heterocycles. The third-order valence-electron chi connectivity index (χ3n) is 6.07. The Bertz CT molecular complexity index is 1550. The highest BCUT2D eigenvalue weighted by Gasteiger charge is 2.16. The van der Waals surface area contributed by atoms with Gasteiger partial charge in [0.2, 0.25) is 0 Å². The van der Waals surface area contributed by atoms with E-state index in [1.165, 1.54) is 6.20 Å². The van der Waals surface area contributed by atoms with Crippen molar-refractivity contribution >= 4 is 17.9 Å². The number of hydrogen-bond acceptors (Lipinski definition) is 7. The van der Waals surface area contributed by atoms with Gasteiger partial charge in [0.05, 0.1) is 16.1 Å². The number of carbonyl (C=O) groups excluding carboxylic acids is 1. The summed E-state index contributed by atoms with van der Waals surface area (Å²) in [4.78, 5) is 15.7. The summed E-state index contributed by atoms with van der Waals surface area (Å²) in [5, 5.41) is 9.66. The summed E-state index contributed by atoms with van der Waals surface area (Å²) in [5.74, 6) is 2.35. The van der Waals surface area contributed by atoms with Crippen molar-refractivity contribution in [2.75, 3.05) is 13.2 Å². The predicted octanol–water partition coefficient (Wildman–Crippen LogP) is 6.32. The first-order valence-electron chi connectivity index (χ1n) is 11.9. The number of aryl methyl sites for hydroxylation is 1. The fourth-order valence-corrected chi connectivity index (χ4v) is 4.42. The van der Waals surface area contributed by atoms with Crippen molar-refractivity contribution in [3.05, 3.63) is 99.8 Å². The lowest BCUT2D eigenvalue weighted by atomic mass is 10.0. The average Bonchev–Trinajstić information content (AvgIpc) is 2.96. The quantitative estimate of drug-likeness (QED) is 0.248. The number of benzene rings is 3. The molecule has 0 fully saturated rings. The zero-order chi connectivity index (χ0) is 26.5. The minimum Gasteiger partial charge on any atom is -0.488 e. The lowest BCUT2D eigenvalue weighted by Gasteiger charge is -2.19. The number of pyridine rings is 1. The molecule has 2 heterocycles. The maximum atomic E-state index is 11.7. The Morgan fingerprint density at radius 1 is 1.00 bits per heavy atom. The molecule has 0 radical (unpaired) electrons. The van der Waals surface area contributed by atoms with Gasteiger partial charge in [-0.2, -0.15) is 5.26 Å². The first-order valence-corrected chi connectivity index (χ1v) is 12.3.